The Morgan fingerprint density at radius 1 is 1.21 bits per heavy atom. The molecule has 68 valence electrons. The molecule has 2 nitrogen and oxygen atoms in total. The third-order valence-electron chi connectivity index (χ3n) is 2.40. The molecular weight excluding hydrogens is 174 g/mol. The Hall–Kier alpha value is -1.83. The fourth-order valence-electron chi connectivity index (χ4n) is 1.74. The zero-order valence-corrected chi connectivity index (χ0v) is 7.60. The normalized spacial score (nSPS) is 13.7. The molecular formula is C12H9NO. The predicted octanol–water partition coefficient (Wildman–Crippen LogP) is 2.64. The number of rotatable bonds is 0. The lowest BCUT2D eigenvalue weighted by molar-refractivity contribution is 0.358. The largest absolute Gasteiger partial charge is 0.487 e. The average Bonchev–Trinajstić information content (AvgIpc) is 2.29. The van der Waals surface area contributed by atoms with Crippen LogP contribution in [0.2, 0.25) is 0 Å². The third-order valence-corrected chi connectivity index (χ3v) is 2.40. The van der Waals surface area contributed by atoms with Crippen LogP contribution < -0.4 is 4.74 Å². The topological polar surface area (TPSA) is 22.1 Å². The zero-order valence-electron chi connectivity index (χ0n) is 7.60. The number of pyridine rings is 1. The zero-order chi connectivity index (χ0) is 9.38. The van der Waals surface area contributed by atoms with Crippen LogP contribution in [0.3, 0.4) is 0 Å². The average molecular weight is 183 g/mol. The van der Waals surface area contributed by atoms with Gasteiger partial charge in [0, 0.05) is 10.9 Å². The molecule has 0 unspecified atom stereocenters. The highest BCUT2D eigenvalue weighted by molar-refractivity contribution is 5.90. The van der Waals surface area contributed by atoms with E-state index in [0.717, 1.165) is 22.2 Å². The number of benzene rings is 1. The third kappa shape index (κ3) is 1.01. The second kappa shape index (κ2) is 2.84. The first-order valence-corrected chi connectivity index (χ1v) is 4.62. The fourth-order valence-corrected chi connectivity index (χ4v) is 1.74. The van der Waals surface area contributed by atoms with E-state index in [9.17, 15) is 0 Å². The maximum atomic E-state index is 5.48. The summed E-state index contributed by atoms with van der Waals surface area (Å²) < 4.78 is 5.48. The van der Waals surface area contributed by atoms with Crippen molar-refractivity contribution in [1.29, 1.82) is 0 Å². The van der Waals surface area contributed by atoms with Gasteiger partial charge in [-0.25, -0.2) is 0 Å². The highest BCUT2D eigenvalue weighted by Gasteiger charge is 2.09. The van der Waals surface area contributed by atoms with Gasteiger partial charge in [0.2, 0.25) is 0 Å². The first-order valence-electron chi connectivity index (χ1n) is 4.62. The van der Waals surface area contributed by atoms with Gasteiger partial charge in [0.1, 0.15) is 12.4 Å². The van der Waals surface area contributed by atoms with Crippen LogP contribution in [-0.2, 0) is 0 Å². The maximum Gasteiger partial charge on any atom is 0.145 e. The van der Waals surface area contributed by atoms with Crippen molar-refractivity contribution in [2.75, 3.05) is 6.61 Å². The lowest BCUT2D eigenvalue weighted by Crippen LogP contribution is -2.01. The van der Waals surface area contributed by atoms with E-state index >= 15 is 0 Å². The monoisotopic (exact) mass is 183 g/mol. The Morgan fingerprint density at radius 2 is 2.14 bits per heavy atom. The van der Waals surface area contributed by atoms with E-state index in [2.05, 4.69) is 17.1 Å². The predicted molar refractivity (Wildman–Crippen MR) is 56.3 cm³/mol. The van der Waals surface area contributed by atoms with Crippen LogP contribution in [0.4, 0.5) is 0 Å². The molecule has 0 atom stereocenters. The SMILES string of the molecule is C1=Cc2c(cnc3ccccc23)OC1. The van der Waals surface area contributed by atoms with Gasteiger partial charge in [0.25, 0.3) is 0 Å². The standard InChI is InChI=1S/C12H9NO/c1-2-6-11-9(4-1)10-5-3-7-14-12(10)8-13-11/h1-6,8H,7H2. The van der Waals surface area contributed by atoms with E-state index in [1.54, 1.807) is 6.20 Å². The van der Waals surface area contributed by atoms with Gasteiger partial charge >= 0.3 is 0 Å². The van der Waals surface area contributed by atoms with Gasteiger partial charge < -0.3 is 4.74 Å². The molecule has 2 heteroatoms. The van der Waals surface area contributed by atoms with Crippen molar-refractivity contribution in [2.45, 2.75) is 0 Å². The summed E-state index contributed by atoms with van der Waals surface area (Å²) in [4.78, 5) is 4.34. The van der Waals surface area contributed by atoms with Gasteiger partial charge in [0.15, 0.2) is 0 Å². The van der Waals surface area contributed by atoms with Gasteiger partial charge in [-0.2, -0.15) is 0 Å². The second-order valence-electron chi connectivity index (χ2n) is 3.27. The Kier molecular flexibility index (Phi) is 1.53. The molecule has 0 bridgehead atoms. The number of aromatic nitrogens is 1. The van der Waals surface area contributed by atoms with E-state index < -0.39 is 0 Å². The summed E-state index contributed by atoms with van der Waals surface area (Å²) in [6.07, 6.45) is 5.92. The summed E-state index contributed by atoms with van der Waals surface area (Å²) >= 11 is 0. The molecule has 0 radical (unpaired) electrons. The minimum Gasteiger partial charge on any atom is -0.487 e. The Morgan fingerprint density at radius 3 is 3.14 bits per heavy atom. The van der Waals surface area contributed by atoms with Gasteiger partial charge in [-0.1, -0.05) is 24.3 Å². The Bertz CT molecular complexity index is 517. The summed E-state index contributed by atoms with van der Waals surface area (Å²) in [6.45, 7) is 0.646. The molecule has 1 aliphatic rings. The molecule has 0 spiro atoms. The van der Waals surface area contributed by atoms with Crippen LogP contribution in [-0.4, -0.2) is 11.6 Å². The minimum atomic E-state index is 0.646. The number of hydrogen-bond acceptors (Lipinski definition) is 2. The highest BCUT2D eigenvalue weighted by atomic mass is 16.5. The molecule has 2 heterocycles. The summed E-state index contributed by atoms with van der Waals surface area (Å²) in [6, 6.07) is 8.10. The van der Waals surface area contributed by atoms with Gasteiger partial charge in [-0.3, -0.25) is 4.98 Å². The van der Waals surface area contributed by atoms with Crippen LogP contribution >= 0.6 is 0 Å². The van der Waals surface area contributed by atoms with Crippen molar-refractivity contribution in [1.82, 2.24) is 4.98 Å². The molecule has 1 aromatic carbocycles. The van der Waals surface area contributed by atoms with Crippen LogP contribution in [0.15, 0.2) is 36.5 Å². The van der Waals surface area contributed by atoms with Gasteiger partial charge in [0.05, 0.1) is 11.7 Å². The number of fused-ring (bicyclic) bond motifs is 3. The fraction of sp³-hybridized carbons (Fsp3) is 0.0833. The van der Waals surface area contributed by atoms with E-state index in [4.69, 9.17) is 4.74 Å². The smallest absolute Gasteiger partial charge is 0.145 e. The molecule has 0 saturated carbocycles. The van der Waals surface area contributed by atoms with Gasteiger partial charge in [-0.15, -0.1) is 0 Å². The molecule has 0 aliphatic carbocycles. The molecule has 3 rings (SSSR count). The number of para-hydroxylation sites is 1. The van der Waals surface area contributed by atoms with E-state index in [1.807, 2.05) is 24.3 Å². The van der Waals surface area contributed by atoms with Crippen molar-refractivity contribution >= 4 is 17.0 Å². The lowest BCUT2D eigenvalue weighted by atomic mass is 10.1. The Labute approximate surface area is 81.8 Å². The van der Waals surface area contributed by atoms with Crippen molar-refractivity contribution in [2.24, 2.45) is 0 Å². The summed E-state index contributed by atoms with van der Waals surface area (Å²) in [5.41, 5.74) is 2.16. The highest BCUT2D eigenvalue weighted by Crippen LogP contribution is 2.29. The van der Waals surface area contributed by atoms with Crippen molar-refractivity contribution in [3.63, 3.8) is 0 Å². The molecule has 0 N–H and O–H groups in total. The second-order valence-corrected chi connectivity index (χ2v) is 3.27. The van der Waals surface area contributed by atoms with Crippen molar-refractivity contribution in [3.8, 4) is 5.75 Å². The van der Waals surface area contributed by atoms with Gasteiger partial charge in [-0.05, 0) is 12.1 Å². The maximum absolute atomic E-state index is 5.48. The molecule has 0 amide bonds. The summed E-state index contributed by atoms with van der Waals surface area (Å²) in [5, 5.41) is 1.15. The van der Waals surface area contributed by atoms with E-state index in [0.29, 0.717) is 6.61 Å². The number of ether oxygens (including phenoxy) is 1. The molecule has 0 saturated heterocycles. The molecule has 2 aromatic rings. The first-order chi connectivity index (χ1) is 6.95. The number of nitrogens with zero attached hydrogens (tertiary/aromatic N) is 1. The van der Waals surface area contributed by atoms with Crippen LogP contribution in [0.25, 0.3) is 17.0 Å². The van der Waals surface area contributed by atoms with E-state index in [1.165, 1.54) is 0 Å². The van der Waals surface area contributed by atoms with Crippen LogP contribution in [0, 0.1) is 0 Å². The molecule has 1 aliphatic heterocycles. The quantitative estimate of drug-likeness (QED) is 0.626. The lowest BCUT2D eigenvalue weighted by Gasteiger charge is -2.13. The summed E-state index contributed by atoms with van der Waals surface area (Å²) in [5.74, 6) is 0.881. The van der Waals surface area contributed by atoms with Crippen LogP contribution in [0.1, 0.15) is 5.56 Å². The molecule has 1 aromatic heterocycles. The van der Waals surface area contributed by atoms with E-state index in [-0.39, 0.29) is 0 Å². The number of hydrogen-bond donors (Lipinski definition) is 0. The molecule has 0 fully saturated rings. The first kappa shape index (κ1) is 7.56. The van der Waals surface area contributed by atoms with Crippen LogP contribution in [0.5, 0.6) is 5.75 Å². The Balaban J connectivity index is 2.42. The molecule has 14 heavy (non-hydrogen) atoms. The summed E-state index contributed by atoms with van der Waals surface area (Å²) in [7, 11) is 0. The van der Waals surface area contributed by atoms with Crippen molar-refractivity contribution < 1.29 is 4.74 Å². The minimum absolute atomic E-state index is 0.646. The van der Waals surface area contributed by atoms with Crippen molar-refractivity contribution in [3.05, 3.63) is 42.1 Å².